The molecule has 150 valence electrons. The lowest BCUT2D eigenvalue weighted by Gasteiger charge is -2.20. The lowest BCUT2D eigenvalue weighted by atomic mass is 10.1. The smallest absolute Gasteiger partial charge is 0.246 e. The number of benzene rings is 1. The normalized spacial score (nSPS) is 14.9. The molecular weight excluding hydrogens is 366 g/mol. The summed E-state index contributed by atoms with van der Waals surface area (Å²) in [5.41, 5.74) is 2.84. The highest BCUT2D eigenvalue weighted by atomic mass is 16.5. The Morgan fingerprint density at radius 2 is 2.34 bits per heavy atom. The van der Waals surface area contributed by atoms with Crippen LogP contribution in [-0.4, -0.2) is 35.0 Å². The van der Waals surface area contributed by atoms with E-state index in [1.54, 1.807) is 23.4 Å². The van der Waals surface area contributed by atoms with Crippen molar-refractivity contribution in [2.75, 3.05) is 13.2 Å². The number of rotatable bonds is 8. The van der Waals surface area contributed by atoms with Crippen LogP contribution in [0.25, 0.3) is 6.08 Å². The third-order valence-corrected chi connectivity index (χ3v) is 4.64. The fourth-order valence-electron chi connectivity index (χ4n) is 3.30. The molecule has 6 heteroatoms. The summed E-state index contributed by atoms with van der Waals surface area (Å²) in [6.07, 6.45) is 7.96. The van der Waals surface area contributed by atoms with Crippen molar-refractivity contribution in [3.8, 4) is 17.6 Å². The molecule has 0 radical (unpaired) electrons. The van der Waals surface area contributed by atoms with Crippen LogP contribution in [0.2, 0.25) is 0 Å². The van der Waals surface area contributed by atoms with E-state index < -0.39 is 0 Å². The summed E-state index contributed by atoms with van der Waals surface area (Å²) in [5, 5.41) is 8.93. The van der Waals surface area contributed by atoms with Crippen LogP contribution in [-0.2, 0) is 17.8 Å². The first-order chi connectivity index (χ1) is 14.1. The number of hydrogen-bond acceptors (Lipinski definition) is 5. The molecule has 1 aromatic carbocycles. The fourth-order valence-corrected chi connectivity index (χ4v) is 3.30. The van der Waals surface area contributed by atoms with Crippen molar-refractivity contribution in [3.63, 3.8) is 0 Å². The van der Waals surface area contributed by atoms with Crippen molar-refractivity contribution in [1.29, 1.82) is 5.26 Å². The first-order valence-corrected chi connectivity index (χ1v) is 9.80. The lowest BCUT2D eigenvalue weighted by Crippen LogP contribution is -2.29. The topological polar surface area (TPSA) is 75.5 Å². The molecule has 1 aliphatic rings. The summed E-state index contributed by atoms with van der Waals surface area (Å²) in [6, 6.07) is 9.76. The predicted molar refractivity (Wildman–Crippen MR) is 110 cm³/mol. The predicted octanol–water partition coefficient (Wildman–Crippen LogP) is 3.76. The molecule has 0 bridgehead atoms. The average molecular weight is 391 g/mol. The van der Waals surface area contributed by atoms with Gasteiger partial charge in [-0.25, -0.2) is 0 Å². The highest BCUT2D eigenvalue weighted by Gasteiger charge is 2.21. The maximum Gasteiger partial charge on any atom is 0.246 e. The molecule has 1 amide bonds. The van der Waals surface area contributed by atoms with Crippen molar-refractivity contribution in [1.82, 2.24) is 9.88 Å². The van der Waals surface area contributed by atoms with Gasteiger partial charge < -0.3 is 14.4 Å². The number of fused-ring (bicyclic) bond motifs is 1. The zero-order chi connectivity index (χ0) is 20.6. The first-order valence-electron chi connectivity index (χ1n) is 9.80. The summed E-state index contributed by atoms with van der Waals surface area (Å²) < 4.78 is 11.6. The number of carbonyl (C=O) groups excluding carboxylic acids is 1. The molecule has 0 fully saturated rings. The quantitative estimate of drug-likeness (QED) is 0.641. The Morgan fingerprint density at radius 1 is 1.48 bits per heavy atom. The summed E-state index contributed by atoms with van der Waals surface area (Å²) in [4.78, 5) is 18.6. The first kappa shape index (κ1) is 20.4. The van der Waals surface area contributed by atoms with Crippen molar-refractivity contribution < 1.29 is 14.3 Å². The molecule has 29 heavy (non-hydrogen) atoms. The molecule has 1 unspecified atom stereocenters. The van der Waals surface area contributed by atoms with E-state index in [1.807, 2.05) is 38.1 Å². The van der Waals surface area contributed by atoms with Crippen LogP contribution in [0.4, 0.5) is 0 Å². The van der Waals surface area contributed by atoms with Gasteiger partial charge in [0.25, 0.3) is 0 Å². The van der Waals surface area contributed by atoms with Crippen LogP contribution in [0, 0.1) is 11.3 Å². The third kappa shape index (κ3) is 5.35. The number of carbonyl (C=O) groups is 1. The van der Waals surface area contributed by atoms with Crippen LogP contribution >= 0.6 is 0 Å². The van der Waals surface area contributed by atoms with Crippen LogP contribution in [0.3, 0.4) is 0 Å². The van der Waals surface area contributed by atoms with Gasteiger partial charge in [-0.2, -0.15) is 5.26 Å². The molecule has 6 nitrogen and oxygen atoms in total. The molecule has 1 atom stereocenters. The number of aromatic nitrogens is 1. The monoisotopic (exact) mass is 391 g/mol. The van der Waals surface area contributed by atoms with E-state index in [1.165, 1.54) is 6.08 Å². The van der Waals surface area contributed by atoms with E-state index in [0.717, 1.165) is 34.6 Å². The molecule has 0 aliphatic carbocycles. The summed E-state index contributed by atoms with van der Waals surface area (Å²) in [5.74, 6) is 1.41. The summed E-state index contributed by atoms with van der Waals surface area (Å²) >= 11 is 0. The number of ether oxygens (including phenoxy) is 2. The van der Waals surface area contributed by atoms with Gasteiger partial charge in [0.1, 0.15) is 17.6 Å². The number of nitrogens with zero attached hydrogens (tertiary/aromatic N) is 3. The molecule has 0 saturated heterocycles. The molecule has 1 aromatic heterocycles. The van der Waals surface area contributed by atoms with Gasteiger partial charge in [-0.1, -0.05) is 6.07 Å². The van der Waals surface area contributed by atoms with E-state index in [0.29, 0.717) is 19.7 Å². The summed E-state index contributed by atoms with van der Waals surface area (Å²) in [6.45, 7) is 5.27. The number of nitriles is 1. The van der Waals surface area contributed by atoms with Crippen LogP contribution < -0.4 is 9.47 Å². The van der Waals surface area contributed by atoms with Gasteiger partial charge in [0.05, 0.1) is 19.1 Å². The Kier molecular flexibility index (Phi) is 6.85. The van der Waals surface area contributed by atoms with Gasteiger partial charge in [0.2, 0.25) is 5.91 Å². The summed E-state index contributed by atoms with van der Waals surface area (Å²) in [7, 11) is 0. The maximum absolute atomic E-state index is 12.8. The van der Waals surface area contributed by atoms with E-state index in [9.17, 15) is 4.79 Å². The van der Waals surface area contributed by atoms with E-state index >= 15 is 0 Å². The van der Waals surface area contributed by atoms with E-state index in [2.05, 4.69) is 11.1 Å². The standard InChI is InChI=1S/C23H25N3O3/c1-3-28-21-14-20-12-17(2)29-22(20)13-19(21)7-8-23(27)26(11-5-9-24)16-18-6-4-10-25-15-18/h4,6-8,10,13-15,17H,3,5,11-12,16H2,1-2H3/b8-7+. The van der Waals surface area contributed by atoms with E-state index in [-0.39, 0.29) is 18.4 Å². The number of amides is 1. The van der Waals surface area contributed by atoms with Crippen LogP contribution in [0.5, 0.6) is 11.5 Å². The van der Waals surface area contributed by atoms with Crippen molar-refractivity contribution in [2.45, 2.75) is 39.3 Å². The SMILES string of the molecule is CCOc1cc2c(cc1/C=C/C(=O)N(CCC#N)Cc1cccnc1)OC(C)C2. The van der Waals surface area contributed by atoms with Gasteiger partial charge in [0.15, 0.2) is 0 Å². The Balaban J connectivity index is 1.80. The Bertz CT molecular complexity index is 919. The maximum atomic E-state index is 12.8. The Morgan fingerprint density at radius 3 is 3.07 bits per heavy atom. The highest BCUT2D eigenvalue weighted by molar-refractivity contribution is 5.92. The zero-order valence-electron chi connectivity index (χ0n) is 16.8. The van der Waals surface area contributed by atoms with Crippen LogP contribution in [0.1, 0.15) is 37.0 Å². The molecule has 2 heterocycles. The third-order valence-electron chi connectivity index (χ3n) is 4.64. The Labute approximate surface area is 171 Å². The number of pyridine rings is 1. The largest absolute Gasteiger partial charge is 0.493 e. The minimum absolute atomic E-state index is 0.140. The number of hydrogen-bond donors (Lipinski definition) is 0. The molecule has 0 N–H and O–H groups in total. The van der Waals surface area contributed by atoms with E-state index in [4.69, 9.17) is 14.7 Å². The minimum Gasteiger partial charge on any atom is -0.493 e. The van der Waals surface area contributed by atoms with Crippen LogP contribution in [0.15, 0.2) is 42.7 Å². The Hall–Kier alpha value is -3.33. The molecule has 2 aromatic rings. The average Bonchev–Trinajstić information content (AvgIpc) is 3.09. The van der Waals surface area contributed by atoms with Gasteiger partial charge in [-0.15, -0.1) is 0 Å². The second kappa shape index (κ2) is 9.74. The van der Waals surface area contributed by atoms with Gasteiger partial charge >= 0.3 is 0 Å². The van der Waals surface area contributed by atoms with Gasteiger partial charge in [-0.3, -0.25) is 9.78 Å². The van der Waals surface area contributed by atoms with Crippen molar-refractivity contribution >= 4 is 12.0 Å². The fraction of sp³-hybridized carbons (Fsp3) is 0.348. The lowest BCUT2D eigenvalue weighted by molar-refractivity contribution is -0.126. The molecule has 3 rings (SSSR count). The second-order valence-electron chi connectivity index (χ2n) is 6.93. The molecule has 0 spiro atoms. The van der Waals surface area contributed by atoms with Crippen molar-refractivity contribution in [3.05, 3.63) is 59.4 Å². The second-order valence-corrected chi connectivity index (χ2v) is 6.93. The molecular formula is C23H25N3O3. The highest BCUT2D eigenvalue weighted by Crippen LogP contribution is 2.35. The van der Waals surface area contributed by atoms with Gasteiger partial charge in [-0.05, 0) is 43.7 Å². The van der Waals surface area contributed by atoms with Crippen molar-refractivity contribution in [2.24, 2.45) is 0 Å². The zero-order valence-corrected chi connectivity index (χ0v) is 16.8. The minimum atomic E-state index is -0.165. The molecule has 0 saturated carbocycles. The van der Waals surface area contributed by atoms with Gasteiger partial charge in [0, 0.05) is 49.1 Å². The molecule has 1 aliphatic heterocycles.